The summed E-state index contributed by atoms with van der Waals surface area (Å²) in [7, 11) is 0. The Balaban J connectivity index is 3.44. The van der Waals surface area contributed by atoms with Crippen LogP contribution in [0.1, 0.15) is 20.8 Å². The van der Waals surface area contributed by atoms with Crippen molar-refractivity contribution in [3.05, 3.63) is 0 Å². The van der Waals surface area contributed by atoms with Crippen molar-refractivity contribution in [3.8, 4) is 6.07 Å². The topological polar surface area (TPSA) is 64.9 Å². The summed E-state index contributed by atoms with van der Waals surface area (Å²) in [6.45, 7) is 6.48. The molecule has 1 unspecified atom stereocenters. The standard InChI is InChI=1S/C9H17N3O/c1-7(2)12-9(13)6-11-5-8(3)4-10/h7-8,11H,5-6H2,1-3H3,(H,12,13). The van der Waals surface area contributed by atoms with Crippen molar-refractivity contribution in [2.24, 2.45) is 5.92 Å². The SMILES string of the molecule is CC(C#N)CNCC(=O)NC(C)C. The summed E-state index contributed by atoms with van der Waals surface area (Å²) in [6.07, 6.45) is 0. The molecule has 0 rings (SSSR count). The zero-order valence-corrected chi connectivity index (χ0v) is 8.42. The summed E-state index contributed by atoms with van der Waals surface area (Å²) in [5.74, 6) is -0.0769. The first kappa shape index (κ1) is 11.9. The third-order valence-corrected chi connectivity index (χ3v) is 1.41. The maximum atomic E-state index is 11.1. The fourth-order valence-corrected chi connectivity index (χ4v) is 0.821. The maximum Gasteiger partial charge on any atom is 0.234 e. The summed E-state index contributed by atoms with van der Waals surface area (Å²) in [5.41, 5.74) is 0. The lowest BCUT2D eigenvalue weighted by atomic mass is 10.2. The van der Waals surface area contributed by atoms with Crippen LogP contribution in [0, 0.1) is 17.2 Å². The van der Waals surface area contributed by atoms with Crippen LogP contribution < -0.4 is 10.6 Å². The summed E-state index contributed by atoms with van der Waals surface area (Å²) >= 11 is 0. The van der Waals surface area contributed by atoms with Gasteiger partial charge in [-0.3, -0.25) is 4.79 Å². The van der Waals surface area contributed by atoms with Crippen molar-refractivity contribution in [1.82, 2.24) is 10.6 Å². The Morgan fingerprint density at radius 3 is 2.54 bits per heavy atom. The van der Waals surface area contributed by atoms with Crippen LogP contribution in [0.15, 0.2) is 0 Å². The van der Waals surface area contributed by atoms with Crippen molar-refractivity contribution in [3.63, 3.8) is 0 Å². The van der Waals surface area contributed by atoms with Gasteiger partial charge in [0.25, 0.3) is 0 Å². The molecule has 0 spiro atoms. The number of carbonyl (C=O) groups is 1. The molecule has 0 aromatic carbocycles. The third-order valence-electron chi connectivity index (χ3n) is 1.41. The van der Waals surface area contributed by atoms with Gasteiger partial charge in [-0.2, -0.15) is 5.26 Å². The molecule has 1 atom stereocenters. The molecule has 0 aliphatic carbocycles. The van der Waals surface area contributed by atoms with Crippen LogP contribution in [0.25, 0.3) is 0 Å². The number of hydrogen-bond donors (Lipinski definition) is 2. The summed E-state index contributed by atoms with van der Waals surface area (Å²) in [6, 6.07) is 2.25. The van der Waals surface area contributed by atoms with Crippen molar-refractivity contribution in [2.75, 3.05) is 13.1 Å². The van der Waals surface area contributed by atoms with Gasteiger partial charge in [-0.1, -0.05) is 0 Å². The van der Waals surface area contributed by atoms with Gasteiger partial charge in [-0.15, -0.1) is 0 Å². The number of amides is 1. The second kappa shape index (κ2) is 6.44. The lowest BCUT2D eigenvalue weighted by Crippen LogP contribution is -2.38. The van der Waals surface area contributed by atoms with Crippen molar-refractivity contribution < 1.29 is 4.79 Å². The predicted octanol–water partition coefficient (Wildman–Crippen LogP) is 0.260. The van der Waals surface area contributed by atoms with Gasteiger partial charge in [-0.25, -0.2) is 0 Å². The molecule has 2 N–H and O–H groups in total. The van der Waals surface area contributed by atoms with E-state index in [9.17, 15) is 4.79 Å². The van der Waals surface area contributed by atoms with Crippen LogP contribution in [-0.2, 0) is 4.79 Å². The average Bonchev–Trinajstić information content (AvgIpc) is 2.02. The van der Waals surface area contributed by atoms with E-state index < -0.39 is 0 Å². The molecule has 74 valence electrons. The van der Waals surface area contributed by atoms with E-state index in [4.69, 9.17) is 5.26 Å². The lowest BCUT2D eigenvalue weighted by Gasteiger charge is -2.09. The molecule has 4 heteroatoms. The summed E-state index contributed by atoms with van der Waals surface area (Å²) in [4.78, 5) is 11.1. The zero-order valence-electron chi connectivity index (χ0n) is 8.42. The highest BCUT2D eigenvalue weighted by atomic mass is 16.1. The van der Waals surface area contributed by atoms with Gasteiger partial charge in [0, 0.05) is 12.6 Å². The van der Waals surface area contributed by atoms with E-state index in [1.807, 2.05) is 20.8 Å². The van der Waals surface area contributed by atoms with Crippen molar-refractivity contribution in [2.45, 2.75) is 26.8 Å². The molecule has 0 radical (unpaired) electrons. The Kier molecular flexibility index (Phi) is 5.90. The number of hydrogen-bond acceptors (Lipinski definition) is 3. The van der Waals surface area contributed by atoms with Crippen molar-refractivity contribution >= 4 is 5.91 Å². The monoisotopic (exact) mass is 183 g/mol. The highest BCUT2D eigenvalue weighted by Crippen LogP contribution is 1.86. The number of nitriles is 1. The molecular formula is C9H17N3O. The van der Waals surface area contributed by atoms with E-state index in [1.54, 1.807) is 0 Å². The second-order valence-corrected chi connectivity index (χ2v) is 3.38. The molecular weight excluding hydrogens is 166 g/mol. The van der Waals surface area contributed by atoms with Gasteiger partial charge in [0.1, 0.15) is 0 Å². The Morgan fingerprint density at radius 2 is 2.08 bits per heavy atom. The Bertz CT molecular complexity index is 196. The molecule has 1 amide bonds. The highest BCUT2D eigenvalue weighted by molar-refractivity contribution is 5.78. The van der Waals surface area contributed by atoms with E-state index in [2.05, 4.69) is 16.7 Å². The summed E-state index contributed by atoms with van der Waals surface area (Å²) < 4.78 is 0. The Morgan fingerprint density at radius 1 is 1.46 bits per heavy atom. The van der Waals surface area contributed by atoms with Crippen LogP contribution in [-0.4, -0.2) is 25.0 Å². The predicted molar refractivity (Wildman–Crippen MR) is 50.9 cm³/mol. The van der Waals surface area contributed by atoms with Gasteiger partial charge in [0.2, 0.25) is 5.91 Å². The number of carbonyl (C=O) groups excluding carboxylic acids is 1. The average molecular weight is 183 g/mol. The largest absolute Gasteiger partial charge is 0.353 e. The first-order valence-corrected chi connectivity index (χ1v) is 4.46. The molecule has 0 saturated heterocycles. The van der Waals surface area contributed by atoms with E-state index in [0.717, 1.165) is 0 Å². The summed E-state index contributed by atoms with van der Waals surface area (Å²) in [5, 5.41) is 14.1. The van der Waals surface area contributed by atoms with E-state index in [0.29, 0.717) is 6.54 Å². The zero-order chi connectivity index (χ0) is 10.3. The number of nitrogens with one attached hydrogen (secondary N) is 2. The smallest absolute Gasteiger partial charge is 0.234 e. The minimum atomic E-state index is -0.0492. The first-order valence-electron chi connectivity index (χ1n) is 4.46. The van der Waals surface area contributed by atoms with Gasteiger partial charge < -0.3 is 10.6 Å². The fraction of sp³-hybridized carbons (Fsp3) is 0.778. The lowest BCUT2D eigenvalue weighted by molar-refractivity contribution is -0.120. The van der Waals surface area contributed by atoms with Crippen molar-refractivity contribution in [1.29, 1.82) is 5.26 Å². The fourth-order valence-electron chi connectivity index (χ4n) is 0.821. The highest BCUT2D eigenvalue weighted by Gasteiger charge is 2.03. The quantitative estimate of drug-likeness (QED) is 0.642. The van der Waals surface area contributed by atoms with Gasteiger partial charge in [-0.05, 0) is 20.8 Å². The minimum Gasteiger partial charge on any atom is -0.353 e. The normalized spacial score (nSPS) is 12.2. The van der Waals surface area contributed by atoms with Crippen LogP contribution in [0.2, 0.25) is 0 Å². The van der Waals surface area contributed by atoms with Crippen LogP contribution in [0.5, 0.6) is 0 Å². The van der Waals surface area contributed by atoms with E-state index in [1.165, 1.54) is 0 Å². The maximum absolute atomic E-state index is 11.1. The van der Waals surface area contributed by atoms with Gasteiger partial charge >= 0.3 is 0 Å². The molecule has 0 bridgehead atoms. The van der Waals surface area contributed by atoms with E-state index in [-0.39, 0.29) is 24.4 Å². The Hall–Kier alpha value is -1.08. The molecule has 13 heavy (non-hydrogen) atoms. The van der Waals surface area contributed by atoms with Gasteiger partial charge in [0.15, 0.2) is 0 Å². The number of nitrogens with zero attached hydrogens (tertiary/aromatic N) is 1. The molecule has 0 aromatic rings. The van der Waals surface area contributed by atoms with Crippen LogP contribution in [0.3, 0.4) is 0 Å². The van der Waals surface area contributed by atoms with Crippen LogP contribution >= 0.6 is 0 Å². The molecule has 0 fully saturated rings. The van der Waals surface area contributed by atoms with E-state index >= 15 is 0 Å². The Labute approximate surface area is 79.3 Å². The van der Waals surface area contributed by atoms with Crippen LogP contribution in [0.4, 0.5) is 0 Å². The molecule has 4 nitrogen and oxygen atoms in total. The molecule has 0 aliphatic rings. The van der Waals surface area contributed by atoms with Gasteiger partial charge in [0.05, 0.1) is 18.5 Å². The molecule has 0 aromatic heterocycles. The molecule has 0 saturated carbocycles. The minimum absolute atomic E-state index is 0.0276. The second-order valence-electron chi connectivity index (χ2n) is 3.38. The third kappa shape index (κ3) is 7.29. The molecule has 0 aliphatic heterocycles. The first-order chi connectivity index (χ1) is 6.06. The molecule has 0 heterocycles. The number of rotatable bonds is 5.